The minimum atomic E-state index is 0.650. The molecule has 1 aromatic rings. The SMILES string of the molecule is CCSc1nc2c(s1)CC(C(C)CN)CC2. The molecule has 2 unspecified atom stereocenters. The van der Waals surface area contributed by atoms with Gasteiger partial charge in [-0.3, -0.25) is 0 Å². The molecule has 1 aliphatic carbocycles. The van der Waals surface area contributed by atoms with Crippen LogP contribution >= 0.6 is 23.1 Å². The van der Waals surface area contributed by atoms with Crippen LogP contribution in [0, 0.1) is 11.8 Å². The van der Waals surface area contributed by atoms with E-state index in [1.807, 2.05) is 23.1 Å². The molecule has 1 aliphatic rings. The van der Waals surface area contributed by atoms with Crippen LogP contribution in [0.3, 0.4) is 0 Å². The standard InChI is InChI=1S/C12H20N2S2/c1-3-15-12-14-10-5-4-9(8(2)7-13)6-11(10)16-12/h8-9H,3-7,13H2,1-2H3. The van der Waals surface area contributed by atoms with Gasteiger partial charge in [0.1, 0.15) is 4.34 Å². The number of fused-ring (bicyclic) bond motifs is 1. The van der Waals surface area contributed by atoms with Crippen LogP contribution in [-0.2, 0) is 12.8 Å². The summed E-state index contributed by atoms with van der Waals surface area (Å²) in [6, 6.07) is 0. The third-order valence-corrected chi connectivity index (χ3v) is 5.55. The van der Waals surface area contributed by atoms with Gasteiger partial charge in [0.25, 0.3) is 0 Å². The van der Waals surface area contributed by atoms with Gasteiger partial charge < -0.3 is 5.73 Å². The maximum Gasteiger partial charge on any atom is 0.150 e. The number of hydrogen-bond acceptors (Lipinski definition) is 4. The van der Waals surface area contributed by atoms with E-state index in [2.05, 4.69) is 13.8 Å². The first kappa shape index (κ1) is 12.4. The fraction of sp³-hybridized carbons (Fsp3) is 0.750. The summed E-state index contributed by atoms with van der Waals surface area (Å²) in [5, 5.41) is 0. The molecule has 0 fully saturated rings. The normalized spacial score (nSPS) is 21.8. The van der Waals surface area contributed by atoms with Crippen molar-refractivity contribution >= 4 is 23.1 Å². The lowest BCUT2D eigenvalue weighted by atomic mass is 9.82. The van der Waals surface area contributed by atoms with Gasteiger partial charge in [0.2, 0.25) is 0 Å². The molecule has 0 amide bonds. The third-order valence-electron chi connectivity index (χ3n) is 3.40. The van der Waals surface area contributed by atoms with E-state index >= 15 is 0 Å². The van der Waals surface area contributed by atoms with Crippen molar-refractivity contribution in [1.29, 1.82) is 0 Å². The van der Waals surface area contributed by atoms with E-state index in [9.17, 15) is 0 Å². The molecule has 0 saturated heterocycles. The Balaban J connectivity index is 2.08. The monoisotopic (exact) mass is 256 g/mol. The summed E-state index contributed by atoms with van der Waals surface area (Å²) >= 11 is 3.77. The molecule has 2 rings (SSSR count). The van der Waals surface area contributed by atoms with Gasteiger partial charge in [0, 0.05) is 4.88 Å². The van der Waals surface area contributed by atoms with E-state index < -0.39 is 0 Å². The Morgan fingerprint density at radius 2 is 2.44 bits per heavy atom. The summed E-state index contributed by atoms with van der Waals surface area (Å²) < 4.78 is 1.26. The van der Waals surface area contributed by atoms with Crippen molar-refractivity contribution in [1.82, 2.24) is 4.98 Å². The van der Waals surface area contributed by atoms with Gasteiger partial charge in [-0.1, -0.05) is 25.6 Å². The summed E-state index contributed by atoms with van der Waals surface area (Å²) in [6.45, 7) is 5.28. The van der Waals surface area contributed by atoms with Crippen LogP contribution in [0.15, 0.2) is 4.34 Å². The fourth-order valence-corrected chi connectivity index (χ4v) is 4.48. The van der Waals surface area contributed by atoms with Crippen LogP contribution in [0.2, 0.25) is 0 Å². The summed E-state index contributed by atoms with van der Waals surface area (Å²) in [6.07, 6.45) is 3.63. The Labute approximate surface area is 106 Å². The quantitative estimate of drug-likeness (QED) is 0.842. The Bertz CT molecular complexity index is 349. The second-order valence-electron chi connectivity index (χ2n) is 4.50. The van der Waals surface area contributed by atoms with E-state index in [1.165, 1.54) is 27.8 Å². The van der Waals surface area contributed by atoms with Crippen LogP contribution < -0.4 is 5.73 Å². The van der Waals surface area contributed by atoms with Crippen molar-refractivity contribution in [3.8, 4) is 0 Å². The Morgan fingerprint density at radius 1 is 1.62 bits per heavy atom. The van der Waals surface area contributed by atoms with Gasteiger partial charge in [-0.15, -0.1) is 11.3 Å². The van der Waals surface area contributed by atoms with Gasteiger partial charge >= 0.3 is 0 Å². The van der Waals surface area contributed by atoms with Crippen molar-refractivity contribution < 1.29 is 0 Å². The second kappa shape index (κ2) is 5.52. The molecule has 0 aliphatic heterocycles. The molecule has 4 heteroatoms. The van der Waals surface area contributed by atoms with E-state index in [0.717, 1.165) is 24.6 Å². The number of aryl methyl sites for hydroxylation is 1. The predicted molar refractivity (Wildman–Crippen MR) is 72.2 cm³/mol. The largest absolute Gasteiger partial charge is 0.330 e. The maximum absolute atomic E-state index is 5.76. The minimum absolute atomic E-state index is 0.650. The zero-order valence-electron chi connectivity index (χ0n) is 10.0. The summed E-state index contributed by atoms with van der Waals surface area (Å²) in [4.78, 5) is 6.23. The van der Waals surface area contributed by atoms with Gasteiger partial charge in [0.15, 0.2) is 0 Å². The molecule has 0 spiro atoms. The Hall–Kier alpha value is -0.0600. The van der Waals surface area contributed by atoms with Crippen LogP contribution in [0.4, 0.5) is 0 Å². The molecule has 0 bridgehead atoms. The minimum Gasteiger partial charge on any atom is -0.330 e. The maximum atomic E-state index is 5.76. The highest BCUT2D eigenvalue weighted by atomic mass is 32.2. The highest BCUT2D eigenvalue weighted by Crippen LogP contribution is 2.36. The second-order valence-corrected chi connectivity index (χ2v) is 7.09. The first-order chi connectivity index (χ1) is 7.74. The van der Waals surface area contributed by atoms with Crippen molar-refractivity contribution in [3.05, 3.63) is 10.6 Å². The average molecular weight is 256 g/mol. The molecule has 90 valence electrons. The molecule has 0 radical (unpaired) electrons. The van der Waals surface area contributed by atoms with Crippen molar-refractivity contribution in [3.63, 3.8) is 0 Å². The number of hydrogen-bond donors (Lipinski definition) is 1. The number of nitrogens with zero attached hydrogens (tertiary/aromatic N) is 1. The number of rotatable bonds is 4. The van der Waals surface area contributed by atoms with Crippen LogP contribution in [0.5, 0.6) is 0 Å². The Kier molecular flexibility index (Phi) is 4.27. The van der Waals surface area contributed by atoms with Crippen LogP contribution in [-0.4, -0.2) is 17.3 Å². The first-order valence-electron chi connectivity index (χ1n) is 6.06. The van der Waals surface area contributed by atoms with Crippen molar-refractivity contribution in [2.75, 3.05) is 12.3 Å². The Morgan fingerprint density at radius 3 is 3.12 bits per heavy atom. The lowest BCUT2D eigenvalue weighted by molar-refractivity contribution is 0.328. The molecule has 0 saturated carbocycles. The molecule has 1 heterocycles. The molecule has 2 N–H and O–H groups in total. The molecule has 16 heavy (non-hydrogen) atoms. The first-order valence-corrected chi connectivity index (χ1v) is 7.86. The lowest BCUT2D eigenvalue weighted by Gasteiger charge is -2.25. The topological polar surface area (TPSA) is 38.9 Å². The van der Waals surface area contributed by atoms with Crippen molar-refractivity contribution in [2.24, 2.45) is 17.6 Å². The van der Waals surface area contributed by atoms with Gasteiger partial charge in [-0.2, -0.15) is 0 Å². The van der Waals surface area contributed by atoms with Gasteiger partial charge in [0.05, 0.1) is 5.69 Å². The molecular formula is C12H20N2S2. The summed E-state index contributed by atoms with van der Waals surface area (Å²) in [7, 11) is 0. The third kappa shape index (κ3) is 2.60. The molecule has 1 aromatic heterocycles. The van der Waals surface area contributed by atoms with E-state index in [0.29, 0.717) is 5.92 Å². The number of thioether (sulfide) groups is 1. The average Bonchev–Trinajstić information content (AvgIpc) is 2.69. The lowest BCUT2D eigenvalue weighted by Crippen LogP contribution is -2.25. The summed E-state index contributed by atoms with van der Waals surface area (Å²) in [5.41, 5.74) is 7.12. The van der Waals surface area contributed by atoms with E-state index in [-0.39, 0.29) is 0 Å². The zero-order chi connectivity index (χ0) is 11.5. The van der Waals surface area contributed by atoms with Crippen LogP contribution in [0.25, 0.3) is 0 Å². The van der Waals surface area contributed by atoms with Crippen LogP contribution in [0.1, 0.15) is 30.8 Å². The smallest absolute Gasteiger partial charge is 0.150 e. The van der Waals surface area contributed by atoms with E-state index in [1.54, 1.807) is 0 Å². The summed E-state index contributed by atoms with van der Waals surface area (Å²) in [5.74, 6) is 2.55. The predicted octanol–water partition coefficient (Wildman–Crippen LogP) is 2.95. The zero-order valence-corrected chi connectivity index (χ0v) is 11.7. The van der Waals surface area contributed by atoms with Gasteiger partial charge in [-0.25, -0.2) is 4.98 Å². The molecule has 0 aromatic carbocycles. The van der Waals surface area contributed by atoms with Gasteiger partial charge in [-0.05, 0) is 43.4 Å². The number of thiazole rings is 1. The molecule has 2 atom stereocenters. The number of nitrogens with two attached hydrogens (primary N) is 1. The molecule has 2 nitrogen and oxygen atoms in total. The highest BCUT2D eigenvalue weighted by Gasteiger charge is 2.25. The highest BCUT2D eigenvalue weighted by molar-refractivity contribution is 8.01. The molecular weight excluding hydrogens is 236 g/mol. The van der Waals surface area contributed by atoms with Crippen molar-refractivity contribution in [2.45, 2.75) is 37.4 Å². The van der Waals surface area contributed by atoms with E-state index in [4.69, 9.17) is 10.7 Å². The number of aromatic nitrogens is 1. The fourth-order valence-electron chi connectivity index (χ4n) is 2.24.